The number of carbonyl (C=O) groups is 1. The maximum absolute atomic E-state index is 11.5. The zero-order valence-electron chi connectivity index (χ0n) is 13.3. The molecule has 2 nitrogen and oxygen atoms in total. The predicted octanol–water partition coefficient (Wildman–Crippen LogP) is 4.99. The zero-order chi connectivity index (χ0) is 14.3. The molecular formula is C17H35NO. The van der Waals surface area contributed by atoms with Crippen molar-refractivity contribution in [1.82, 2.24) is 0 Å². The molecule has 0 aromatic heterocycles. The highest BCUT2D eigenvalue weighted by Crippen LogP contribution is 2.12. The van der Waals surface area contributed by atoms with Crippen LogP contribution >= 0.6 is 0 Å². The van der Waals surface area contributed by atoms with E-state index in [1.807, 2.05) is 6.92 Å². The minimum absolute atomic E-state index is 0.219. The molecule has 0 radical (unpaired) electrons. The first-order chi connectivity index (χ1) is 9.22. The molecule has 1 unspecified atom stereocenters. The van der Waals surface area contributed by atoms with E-state index in [2.05, 4.69) is 6.92 Å². The lowest BCUT2D eigenvalue weighted by molar-refractivity contribution is -0.120. The number of rotatable bonds is 14. The van der Waals surface area contributed by atoms with Crippen LogP contribution in [0.2, 0.25) is 0 Å². The van der Waals surface area contributed by atoms with Gasteiger partial charge in [-0.2, -0.15) is 0 Å². The fourth-order valence-electron chi connectivity index (χ4n) is 2.38. The average molecular weight is 269 g/mol. The van der Waals surface area contributed by atoms with E-state index < -0.39 is 0 Å². The van der Waals surface area contributed by atoms with Crippen LogP contribution in [0.3, 0.4) is 0 Å². The SMILES string of the molecule is CCCCCCCCCCCCCC(=O)C(N)CC. The van der Waals surface area contributed by atoms with Crippen molar-refractivity contribution in [3.63, 3.8) is 0 Å². The fraction of sp³-hybridized carbons (Fsp3) is 0.941. The molecule has 0 heterocycles. The second-order valence-corrected chi connectivity index (χ2v) is 5.77. The number of Topliss-reactive ketones (excluding diaryl/α,β-unsaturated/α-hetero) is 1. The lowest BCUT2D eigenvalue weighted by Crippen LogP contribution is -2.29. The van der Waals surface area contributed by atoms with Crippen LogP contribution in [-0.2, 0) is 4.79 Å². The molecule has 0 bridgehead atoms. The Morgan fingerprint density at radius 2 is 1.21 bits per heavy atom. The van der Waals surface area contributed by atoms with Crippen molar-refractivity contribution in [3.8, 4) is 0 Å². The van der Waals surface area contributed by atoms with Gasteiger partial charge in [-0.05, 0) is 12.8 Å². The Kier molecular flexibility index (Phi) is 13.8. The van der Waals surface area contributed by atoms with Crippen LogP contribution in [0.25, 0.3) is 0 Å². The Bertz CT molecular complexity index is 203. The third kappa shape index (κ3) is 12.4. The van der Waals surface area contributed by atoms with Gasteiger partial charge in [-0.25, -0.2) is 0 Å². The summed E-state index contributed by atoms with van der Waals surface area (Å²) in [5.41, 5.74) is 5.70. The van der Waals surface area contributed by atoms with Crippen LogP contribution in [0.4, 0.5) is 0 Å². The molecule has 114 valence electrons. The highest BCUT2D eigenvalue weighted by Gasteiger charge is 2.09. The molecule has 0 aromatic rings. The Balaban J connectivity index is 3.13. The summed E-state index contributed by atoms with van der Waals surface area (Å²) in [6.07, 6.45) is 16.0. The zero-order valence-corrected chi connectivity index (χ0v) is 13.3. The molecule has 0 saturated carbocycles. The van der Waals surface area contributed by atoms with Gasteiger partial charge in [0.1, 0.15) is 5.78 Å². The fourth-order valence-corrected chi connectivity index (χ4v) is 2.38. The average Bonchev–Trinajstić information content (AvgIpc) is 2.43. The van der Waals surface area contributed by atoms with Gasteiger partial charge in [0, 0.05) is 6.42 Å². The minimum atomic E-state index is -0.219. The second-order valence-electron chi connectivity index (χ2n) is 5.77. The summed E-state index contributed by atoms with van der Waals surface area (Å²) in [5.74, 6) is 0.249. The summed E-state index contributed by atoms with van der Waals surface area (Å²) in [6.45, 7) is 4.24. The third-order valence-corrected chi connectivity index (χ3v) is 3.88. The number of ketones is 1. The minimum Gasteiger partial charge on any atom is -0.322 e. The molecular weight excluding hydrogens is 234 g/mol. The lowest BCUT2D eigenvalue weighted by atomic mass is 10.0. The predicted molar refractivity (Wildman–Crippen MR) is 84.4 cm³/mol. The molecule has 0 saturated heterocycles. The van der Waals surface area contributed by atoms with E-state index in [1.165, 1.54) is 64.2 Å². The van der Waals surface area contributed by atoms with Gasteiger partial charge in [0.25, 0.3) is 0 Å². The molecule has 0 spiro atoms. The third-order valence-electron chi connectivity index (χ3n) is 3.88. The molecule has 19 heavy (non-hydrogen) atoms. The van der Waals surface area contributed by atoms with Crippen molar-refractivity contribution in [1.29, 1.82) is 0 Å². The normalized spacial score (nSPS) is 12.6. The molecule has 0 aliphatic rings. The van der Waals surface area contributed by atoms with Gasteiger partial charge in [-0.1, -0.05) is 78.1 Å². The standard InChI is InChI=1S/C17H35NO/c1-3-5-6-7-8-9-10-11-12-13-14-15-17(19)16(18)4-2/h16H,3-15,18H2,1-2H3. The largest absolute Gasteiger partial charge is 0.322 e. The molecule has 0 aliphatic carbocycles. The van der Waals surface area contributed by atoms with E-state index in [0.717, 1.165) is 12.8 Å². The van der Waals surface area contributed by atoms with Crippen molar-refractivity contribution in [2.45, 2.75) is 103 Å². The number of hydrogen-bond acceptors (Lipinski definition) is 2. The number of carbonyl (C=O) groups excluding carboxylic acids is 1. The summed E-state index contributed by atoms with van der Waals surface area (Å²) < 4.78 is 0. The second kappa shape index (κ2) is 14.0. The van der Waals surface area contributed by atoms with E-state index in [4.69, 9.17) is 5.73 Å². The van der Waals surface area contributed by atoms with E-state index >= 15 is 0 Å². The van der Waals surface area contributed by atoms with E-state index in [1.54, 1.807) is 0 Å². The van der Waals surface area contributed by atoms with Gasteiger partial charge in [0.15, 0.2) is 0 Å². The van der Waals surface area contributed by atoms with Crippen LogP contribution in [0.1, 0.15) is 97.3 Å². The Labute approximate surface area is 120 Å². The van der Waals surface area contributed by atoms with E-state index in [-0.39, 0.29) is 11.8 Å². The summed E-state index contributed by atoms with van der Waals surface area (Å²) in [7, 11) is 0. The van der Waals surface area contributed by atoms with Crippen molar-refractivity contribution in [2.24, 2.45) is 5.73 Å². The number of nitrogens with two attached hydrogens (primary N) is 1. The smallest absolute Gasteiger partial charge is 0.149 e. The van der Waals surface area contributed by atoms with Crippen molar-refractivity contribution in [3.05, 3.63) is 0 Å². The van der Waals surface area contributed by atoms with Crippen molar-refractivity contribution < 1.29 is 4.79 Å². The summed E-state index contributed by atoms with van der Waals surface area (Å²) in [4.78, 5) is 11.5. The lowest BCUT2D eigenvalue weighted by Gasteiger charge is -2.07. The summed E-state index contributed by atoms with van der Waals surface area (Å²) in [6, 6.07) is -0.219. The van der Waals surface area contributed by atoms with Crippen molar-refractivity contribution >= 4 is 5.78 Å². The topological polar surface area (TPSA) is 43.1 Å². The summed E-state index contributed by atoms with van der Waals surface area (Å²) >= 11 is 0. The Morgan fingerprint density at radius 3 is 1.63 bits per heavy atom. The molecule has 0 fully saturated rings. The number of hydrogen-bond donors (Lipinski definition) is 1. The maximum atomic E-state index is 11.5. The van der Waals surface area contributed by atoms with E-state index in [0.29, 0.717) is 6.42 Å². The highest BCUT2D eigenvalue weighted by atomic mass is 16.1. The van der Waals surface area contributed by atoms with Gasteiger partial charge in [-0.15, -0.1) is 0 Å². The van der Waals surface area contributed by atoms with Crippen molar-refractivity contribution in [2.75, 3.05) is 0 Å². The Morgan fingerprint density at radius 1 is 0.789 bits per heavy atom. The first-order valence-electron chi connectivity index (χ1n) is 8.50. The summed E-state index contributed by atoms with van der Waals surface area (Å²) in [5, 5.41) is 0. The maximum Gasteiger partial charge on any atom is 0.149 e. The van der Waals surface area contributed by atoms with Gasteiger partial charge in [0.05, 0.1) is 6.04 Å². The van der Waals surface area contributed by atoms with Crippen LogP contribution in [0.5, 0.6) is 0 Å². The monoisotopic (exact) mass is 269 g/mol. The molecule has 0 aromatic carbocycles. The molecule has 2 heteroatoms. The first kappa shape index (κ1) is 18.6. The molecule has 0 amide bonds. The van der Waals surface area contributed by atoms with Gasteiger partial charge >= 0.3 is 0 Å². The van der Waals surface area contributed by atoms with Gasteiger partial charge in [0.2, 0.25) is 0 Å². The first-order valence-corrected chi connectivity index (χ1v) is 8.50. The van der Waals surface area contributed by atoms with Crippen LogP contribution in [-0.4, -0.2) is 11.8 Å². The molecule has 0 rings (SSSR count). The van der Waals surface area contributed by atoms with E-state index in [9.17, 15) is 4.79 Å². The number of unbranched alkanes of at least 4 members (excludes halogenated alkanes) is 10. The van der Waals surface area contributed by atoms with Crippen LogP contribution < -0.4 is 5.73 Å². The quantitative estimate of drug-likeness (QED) is 0.451. The molecule has 1 atom stereocenters. The highest BCUT2D eigenvalue weighted by molar-refractivity contribution is 5.83. The van der Waals surface area contributed by atoms with Crippen LogP contribution in [0.15, 0.2) is 0 Å². The Hall–Kier alpha value is -0.370. The van der Waals surface area contributed by atoms with Gasteiger partial charge in [-0.3, -0.25) is 4.79 Å². The molecule has 2 N–H and O–H groups in total. The molecule has 0 aliphatic heterocycles. The van der Waals surface area contributed by atoms with Crippen LogP contribution in [0, 0.1) is 0 Å². The van der Waals surface area contributed by atoms with Gasteiger partial charge < -0.3 is 5.73 Å².